The van der Waals surface area contributed by atoms with Crippen LogP contribution in [0.1, 0.15) is 16.7 Å². The van der Waals surface area contributed by atoms with E-state index < -0.39 is 7.60 Å². The molecule has 0 N–H and O–H groups in total. The first-order valence-electron chi connectivity index (χ1n) is 9.84. The van der Waals surface area contributed by atoms with Crippen LogP contribution in [-0.4, -0.2) is 0 Å². The Kier molecular flexibility index (Phi) is 16.4. The maximum atomic E-state index is 14.6. The van der Waals surface area contributed by atoms with Crippen LogP contribution >= 0.6 is 247 Å². The van der Waals surface area contributed by atoms with Gasteiger partial charge in [-0.05, 0) is 245 Å². The molecule has 3 rings (SSSR count). The van der Waals surface area contributed by atoms with Crippen molar-refractivity contribution < 1.29 is 13.6 Å². The number of halogens is 15. The SMILES string of the molecule is O=P(Cc1c(Br)c(Br)c(Br)c(Br)c1Br)(OCc1c(Br)c(Br)c(Br)c(Br)c1Br)OCc1c(Br)c(Br)c(Br)c(Br)c1Br. The van der Waals surface area contributed by atoms with Crippen LogP contribution < -0.4 is 0 Å². The van der Waals surface area contributed by atoms with E-state index in [9.17, 15) is 4.57 Å². The molecule has 0 radical (unpaired) electrons. The fourth-order valence-electron chi connectivity index (χ4n) is 2.99. The van der Waals surface area contributed by atoms with Crippen molar-refractivity contribution >= 4 is 247 Å². The quantitative estimate of drug-likeness (QED) is 0.128. The van der Waals surface area contributed by atoms with E-state index in [2.05, 4.69) is 239 Å². The van der Waals surface area contributed by atoms with Crippen molar-refractivity contribution in [2.24, 2.45) is 0 Å². The third-order valence-corrected chi connectivity index (χ3v) is 25.6. The summed E-state index contributed by atoms with van der Waals surface area (Å²) < 4.78 is 38.4. The molecule has 0 spiro atoms. The molecule has 0 fully saturated rings. The predicted octanol–water partition coefficient (Wildman–Crippen LogP) is 17.3. The fraction of sp³-hybridized carbons (Fsp3) is 0.143. The third kappa shape index (κ3) is 8.59. The van der Waals surface area contributed by atoms with E-state index in [0.717, 1.165) is 69.3 Å². The second kappa shape index (κ2) is 16.6. The molecule has 19 heteroatoms. The Hall–Kier alpha value is 5.01. The van der Waals surface area contributed by atoms with Crippen molar-refractivity contribution in [3.63, 3.8) is 0 Å². The van der Waals surface area contributed by atoms with Crippen LogP contribution in [0.5, 0.6) is 0 Å². The molecule has 0 bridgehead atoms. The van der Waals surface area contributed by atoms with Crippen LogP contribution in [-0.2, 0) is 33.0 Å². The van der Waals surface area contributed by atoms with Crippen LogP contribution in [0.4, 0.5) is 0 Å². The predicted molar refractivity (Wildman–Crippen MR) is 216 cm³/mol. The highest BCUT2D eigenvalue weighted by molar-refractivity contribution is 9.17. The van der Waals surface area contributed by atoms with Crippen LogP contribution in [0.25, 0.3) is 0 Å². The van der Waals surface area contributed by atoms with E-state index in [1.165, 1.54) is 0 Å². The molecule has 0 saturated heterocycles. The Morgan fingerprint density at radius 1 is 0.350 bits per heavy atom. The summed E-state index contributed by atoms with van der Waals surface area (Å²) in [5.41, 5.74) is 2.16. The molecule has 0 unspecified atom stereocenters. The zero-order chi connectivity index (χ0) is 30.4. The smallest absolute Gasteiger partial charge is 0.303 e. The lowest BCUT2D eigenvalue weighted by Gasteiger charge is -2.23. The zero-order valence-corrected chi connectivity index (χ0v) is 43.1. The molecule has 40 heavy (non-hydrogen) atoms. The fourth-order valence-corrected chi connectivity index (χ4v) is 15.2. The molecule has 0 heterocycles. The van der Waals surface area contributed by atoms with E-state index in [1.54, 1.807) is 0 Å². The van der Waals surface area contributed by atoms with Crippen molar-refractivity contribution in [1.82, 2.24) is 0 Å². The van der Waals surface area contributed by atoms with Gasteiger partial charge in [-0.25, -0.2) is 0 Å². The molecule has 0 aromatic heterocycles. The average Bonchev–Trinajstić information content (AvgIpc) is 2.93. The summed E-state index contributed by atoms with van der Waals surface area (Å²) in [6.45, 7) is -0.0415. The van der Waals surface area contributed by atoms with Gasteiger partial charge in [0.15, 0.2) is 0 Å². The Labute approximate surface area is 356 Å². The largest absolute Gasteiger partial charge is 0.335 e. The second-order valence-electron chi connectivity index (χ2n) is 7.46. The summed E-state index contributed by atoms with van der Waals surface area (Å²) in [6.07, 6.45) is -0.0408. The van der Waals surface area contributed by atoms with Crippen LogP contribution in [0.3, 0.4) is 0 Å². The Balaban J connectivity index is 2.10. The lowest BCUT2D eigenvalue weighted by molar-refractivity contribution is 0.189. The maximum Gasteiger partial charge on any atom is 0.335 e. The molecular formula is C21H6Br15O3P. The number of hydrogen-bond donors (Lipinski definition) is 0. The van der Waals surface area contributed by atoms with E-state index in [-0.39, 0.29) is 19.4 Å². The van der Waals surface area contributed by atoms with E-state index in [1.807, 2.05) is 0 Å². The lowest BCUT2D eigenvalue weighted by Crippen LogP contribution is -2.05. The number of rotatable bonds is 8. The number of benzene rings is 3. The Bertz CT molecular complexity index is 1410. The molecule has 0 aliphatic heterocycles. The van der Waals surface area contributed by atoms with E-state index in [0.29, 0.717) is 14.5 Å². The normalized spacial score (nSPS) is 12.0. The Morgan fingerprint density at radius 3 is 0.800 bits per heavy atom. The van der Waals surface area contributed by atoms with E-state index in [4.69, 9.17) is 9.05 Å². The zero-order valence-electron chi connectivity index (χ0n) is 18.5. The highest BCUT2D eigenvalue weighted by Crippen LogP contribution is 2.58. The van der Waals surface area contributed by atoms with Crippen molar-refractivity contribution in [2.45, 2.75) is 19.4 Å². The average molecular weight is 1540 g/mol. The van der Waals surface area contributed by atoms with Crippen molar-refractivity contribution in [2.75, 3.05) is 0 Å². The molecule has 3 nitrogen and oxygen atoms in total. The van der Waals surface area contributed by atoms with Gasteiger partial charge in [0, 0.05) is 78.2 Å². The first-order chi connectivity index (χ1) is 18.4. The molecule has 3 aromatic carbocycles. The topological polar surface area (TPSA) is 35.5 Å². The van der Waals surface area contributed by atoms with Crippen LogP contribution in [0.2, 0.25) is 0 Å². The van der Waals surface area contributed by atoms with Crippen LogP contribution in [0.15, 0.2) is 67.1 Å². The van der Waals surface area contributed by atoms with Gasteiger partial charge in [-0.15, -0.1) is 0 Å². The first-order valence-corrected chi connectivity index (χ1v) is 23.5. The van der Waals surface area contributed by atoms with Crippen molar-refractivity contribution in [3.8, 4) is 0 Å². The highest BCUT2D eigenvalue weighted by atomic mass is 79.9. The molecule has 0 atom stereocenters. The molecule has 3 aromatic rings. The molecule has 0 aliphatic rings. The highest BCUT2D eigenvalue weighted by Gasteiger charge is 2.32. The summed E-state index contributed by atoms with van der Waals surface area (Å²) in [4.78, 5) is 0. The second-order valence-corrected chi connectivity index (χ2v) is 21.4. The summed E-state index contributed by atoms with van der Waals surface area (Å²) in [5.74, 6) is 0. The minimum atomic E-state index is -3.83. The third-order valence-electron chi connectivity index (χ3n) is 5.07. The summed E-state index contributed by atoms with van der Waals surface area (Å²) in [7, 11) is -3.83. The van der Waals surface area contributed by atoms with Gasteiger partial charge in [0.25, 0.3) is 0 Å². The minimum absolute atomic E-state index is 0.0207. The summed E-state index contributed by atoms with van der Waals surface area (Å²) in [6, 6.07) is 0. The standard InChI is InChI=1S/C21H6Br15O3P/c22-7-4(8(23)14(29)19(34)13(7)28)1-38-40(37,3-6-11(26)17(32)21(36)18(33)12(6)27)39-2-5-9(24)15(30)20(35)16(31)10(5)25/h1-3H2. The lowest BCUT2D eigenvalue weighted by atomic mass is 10.2. The molecule has 0 saturated carbocycles. The van der Waals surface area contributed by atoms with Gasteiger partial charge >= 0.3 is 7.60 Å². The molecule has 0 aliphatic carbocycles. The molecule has 218 valence electrons. The van der Waals surface area contributed by atoms with Gasteiger partial charge in [-0.2, -0.15) is 0 Å². The summed E-state index contributed by atoms with van der Waals surface area (Å²) in [5, 5.41) is 0. The van der Waals surface area contributed by atoms with Crippen molar-refractivity contribution in [3.05, 3.63) is 83.8 Å². The molecule has 0 amide bonds. The first kappa shape index (κ1) is 39.4. The van der Waals surface area contributed by atoms with Gasteiger partial charge in [0.1, 0.15) is 0 Å². The van der Waals surface area contributed by atoms with Crippen molar-refractivity contribution in [1.29, 1.82) is 0 Å². The maximum absolute atomic E-state index is 14.6. The van der Waals surface area contributed by atoms with Gasteiger partial charge < -0.3 is 9.05 Å². The summed E-state index contributed by atoms with van der Waals surface area (Å²) >= 11 is 53.9. The van der Waals surface area contributed by atoms with Gasteiger partial charge in [-0.1, -0.05) is 0 Å². The Morgan fingerprint density at radius 2 is 0.550 bits per heavy atom. The van der Waals surface area contributed by atoms with Gasteiger partial charge in [0.05, 0.1) is 19.4 Å². The monoisotopic (exact) mass is 1520 g/mol. The van der Waals surface area contributed by atoms with Gasteiger partial charge in [-0.3, -0.25) is 4.57 Å². The van der Waals surface area contributed by atoms with Gasteiger partial charge in [0.2, 0.25) is 0 Å². The molecular weight excluding hydrogens is 1530 g/mol. The number of hydrogen-bond acceptors (Lipinski definition) is 3. The minimum Gasteiger partial charge on any atom is -0.303 e. The van der Waals surface area contributed by atoms with Crippen LogP contribution in [0, 0.1) is 0 Å². The van der Waals surface area contributed by atoms with E-state index >= 15 is 0 Å².